The van der Waals surface area contributed by atoms with Crippen LogP contribution in [0.1, 0.15) is 39.9 Å². The molecule has 7 nitrogen and oxygen atoms in total. The van der Waals surface area contributed by atoms with Gasteiger partial charge in [-0.05, 0) is 43.5 Å². The first kappa shape index (κ1) is 19.8. The van der Waals surface area contributed by atoms with Crippen molar-refractivity contribution in [2.24, 2.45) is 0 Å². The largest absolute Gasteiger partial charge is 0.496 e. The Morgan fingerprint density at radius 1 is 1.03 bits per heavy atom. The maximum absolute atomic E-state index is 13.3. The van der Waals surface area contributed by atoms with Gasteiger partial charge in [-0.15, -0.1) is 0 Å². The third kappa shape index (κ3) is 3.29. The quantitative estimate of drug-likeness (QED) is 0.675. The van der Waals surface area contributed by atoms with Crippen LogP contribution in [0, 0.1) is 6.92 Å². The van der Waals surface area contributed by atoms with Crippen LogP contribution >= 0.6 is 0 Å². The zero-order chi connectivity index (χ0) is 21.7. The van der Waals surface area contributed by atoms with Gasteiger partial charge < -0.3 is 23.7 Å². The Morgan fingerprint density at radius 2 is 1.74 bits per heavy atom. The number of carbonyl (C=O) groups is 1. The van der Waals surface area contributed by atoms with Gasteiger partial charge in [0.15, 0.2) is 17.3 Å². The van der Waals surface area contributed by atoms with Gasteiger partial charge in [-0.1, -0.05) is 0 Å². The topological polar surface area (TPSA) is 66.5 Å². The van der Waals surface area contributed by atoms with E-state index in [2.05, 4.69) is 4.90 Å². The van der Waals surface area contributed by atoms with Gasteiger partial charge in [0.25, 0.3) is 0 Å². The predicted molar refractivity (Wildman–Crippen MR) is 114 cm³/mol. The molecule has 1 fully saturated rings. The second kappa shape index (κ2) is 7.50. The third-order valence-corrected chi connectivity index (χ3v) is 6.04. The van der Waals surface area contributed by atoms with Gasteiger partial charge >= 0.3 is 0 Å². The minimum Gasteiger partial charge on any atom is -0.496 e. The number of methoxy groups -OCH3 is 3. The molecule has 0 amide bonds. The normalized spacial score (nSPS) is 18.8. The Balaban J connectivity index is 1.55. The third-order valence-electron chi connectivity index (χ3n) is 6.04. The number of hydrogen-bond donors (Lipinski definition) is 0. The van der Waals surface area contributed by atoms with E-state index in [1.165, 1.54) is 12.8 Å². The molecule has 7 heteroatoms. The fourth-order valence-electron chi connectivity index (χ4n) is 4.23. The molecule has 2 aromatic rings. The van der Waals surface area contributed by atoms with Crippen molar-refractivity contribution in [2.45, 2.75) is 32.4 Å². The van der Waals surface area contributed by atoms with Crippen LogP contribution in [0.5, 0.6) is 28.7 Å². The van der Waals surface area contributed by atoms with Crippen molar-refractivity contribution >= 4 is 11.9 Å². The van der Waals surface area contributed by atoms with Crippen molar-refractivity contribution in [3.05, 3.63) is 46.2 Å². The van der Waals surface area contributed by atoms with Gasteiger partial charge in [-0.3, -0.25) is 9.69 Å². The van der Waals surface area contributed by atoms with Gasteiger partial charge in [0.1, 0.15) is 24.0 Å². The fraction of sp³-hybridized carbons (Fsp3) is 0.375. The molecule has 0 bridgehead atoms. The summed E-state index contributed by atoms with van der Waals surface area (Å²) in [5.41, 5.74) is 3.06. The number of aryl methyl sites for hydroxylation is 1. The van der Waals surface area contributed by atoms with Crippen molar-refractivity contribution < 1.29 is 28.5 Å². The van der Waals surface area contributed by atoms with E-state index >= 15 is 0 Å². The molecule has 31 heavy (non-hydrogen) atoms. The maximum atomic E-state index is 13.3. The first-order valence-corrected chi connectivity index (χ1v) is 10.3. The van der Waals surface area contributed by atoms with E-state index in [9.17, 15) is 4.79 Å². The Bertz CT molecular complexity index is 1100. The first-order chi connectivity index (χ1) is 15.0. The molecule has 3 aliphatic rings. The summed E-state index contributed by atoms with van der Waals surface area (Å²) in [4.78, 5) is 15.6. The number of carbonyl (C=O) groups excluding carboxylic acids is 1. The van der Waals surface area contributed by atoms with Gasteiger partial charge in [0, 0.05) is 24.2 Å². The van der Waals surface area contributed by atoms with Gasteiger partial charge in [-0.2, -0.15) is 0 Å². The number of rotatable bonds is 5. The summed E-state index contributed by atoms with van der Waals surface area (Å²) < 4.78 is 28.4. The zero-order valence-corrected chi connectivity index (χ0v) is 18.1. The average molecular weight is 423 g/mol. The van der Waals surface area contributed by atoms with Crippen molar-refractivity contribution in [3.63, 3.8) is 0 Å². The van der Waals surface area contributed by atoms with Crippen LogP contribution in [0.4, 0.5) is 0 Å². The fourth-order valence-corrected chi connectivity index (χ4v) is 4.23. The number of benzene rings is 2. The number of ketones is 1. The van der Waals surface area contributed by atoms with Crippen molar-refractivity contribution in [3.8, 4) is 28.7 Å². The second-order valence-corrected chi connectivity index (χ2v) is 8.01. The lowest BCUT2D eigenvalue weighted by atomic mass is 9.98. The van der Waals surface area contributed by atoms with Crippen molar-refractivity contribution in [1.82, 2.24) is 4.90 Å². The molecule has 0 radical (unpaired) electrons. The maximum Gasteiger partial charge on any atom is 0.232 e. The molecule has 0 aromatic heterocycles. The Kier molecular flexibility index (Phi) is 4.78. The Hall–Kier alpha value is -3.19. The van der Waals surface area contributed by atoms with Crippen LogP contribution in [0.2, 0.25) is 0 Å². The van der Waals surface area contributed by atoms with E-state index in [1.54, 1.807) is 39.5 Å². The second-order valence-electron chi connectivity index (χ2n) is 8.01. The van der Waals surface area contributed by atoms with Crippen LogP contribution in [0.15, 0.2) is 24.0 Å². The lowest BCUT2D eigenvalue weighted by Gasteiger charge is -2.30. The van der Waals surface area contributed by atoms with E-state index in [-0.39, 0.29) is 11.5 Å². The number of hydrogen-bond acceptors (Lipinski definition) is 7. The van der Waals surface area contributed by atoms with Crippen LogP contribution < -0.4 is 23.7 Å². The monoisotopic (exact) mass is 423 g/mol. The molecular formula is C24H25NO6. The molecular weight excluding hydrogens is 398 g/mol. The summed E-state index contributed by atoms with van der Waals surface area (Å²) in [5, 5.41) is 0. The zero-order valence-electron chi connectivity index (χ0n) is 18.1. The molecule has 1 saturated carbocycles. The van der Waals surface area contributed by atoms with Gasteiger partial charge in [0.05, 0.1) is 32.5 Å². The highest BCUT2D eigenvalue weighted by Gasteiger charge is 2.38. The molecule has 5 rings (SSSR count). The van der Waals surface area contributed by atoms with Crippen LogP contribution in [-0.2, 0) is 6.54 Å². The molecule has 2 heterocycles. The highest BCUT2D eigenvalue weighted by atomic mass is 16.5. The summed E-state index contributed by atoms with van der Waals surface area (Å²) in [6.07, 6.45) is 4.07. The molecule has 2 aromatic carbocycles. The molecule has 0 unspecified atom stereocenters. The number of ether oxygens (including phenoxy) is 5. The SMILES string of the molecule is COc1cc(OC)c(OC)cc1/C=C1\Oc2c3c(cc(C)c2C1=O)OCN(C1CC1)C3. The van der Waals surface area contributed by atoms with Crippen LogP contribution in [0.25, 0.3) is 6.08 Å². The minimum atomic E-state index is -0.143. The van der Waals surface area contributed by atoms with Crippen molar-refractivity contribution in [2.75, 3.05) is 28.1 Å². The van der Waals surface area contributed by atoms with E-state index in [1.807, 2.05) is 13.0 Å². The summed E-state index contributed by atoms with van der Waals surface area (Å²) in [7, 11) is 4.70. The lowest BCUT2D eigenvalue weighted by Crippen LogP contribution is -2.34. The summed E-state index contributed by atoms with van der Waals surface area (Å²) in [6, 6.07) is 6.00. The molecule has 0 atom stereocenters. The molecule has 0 spiro atoms. The average Bonchev–Trinajstić information content (AvgIpc) is 3.58. The standard InChI is InChI=1S/C24H25NO6/c1-13-7-18-16(11-25(12-30-18)15-5-6-15)24-22(13)23(26)21(31-24)9-14-8-19(28-3)20(29-4)10-17(14)27-2/h7-10,15H,5-6,11-12H2,1-4H3/b21-9-. The highest BCUT2D eigenvalue weighted by Crippen LogP contribution is 2.46. The number of fused-ring (bicyclic) bond motifs is 3. The molecule has 1 aliphatic carbocycles. The lowest BCUT2D eigenvalue weighted by molar-refractivity contribution is 0.0867. The minimum absolute atomic E-state index is 0.143. The first-order valence-electron chi connectivity index (χ1n) is 10.3. The predicted octanol–water partition coefficient (Wildman–Crippen LogP) is 3.95. The number of allylic oxidation sites excluding steroid dienone is 1. The summed E-state index contributed by atoms with van der Waals surface area (Å²) in [6.45, 7) is 3.22. The smallest absolute Gasteiger partial charge is 0.232 e. The highest BCUT2D eigenvalue weighted by molar-refractivity contribution is 6.16. The van der Waals surface area contributed by atoms with E-state index < -0.39 is 0 Å². The van der Waals surface area contributed by atoms with E-state index in [4.69, 9.17) is 23.7 Å². The van der Waals surface area contributed by atoms with Gasteiger partial charge in [0.2, 0.25) is 5.78 Å². The van der Waals surface area contributed by atoms with Crippen molar-refractivity contribution in [1.29, 1.82) is 0 Å². The summed E-state index contributed by atoms with van der Waals surface area (Å²) >= 11 is 0. The van der Waals surface area contributed by atoms with Crippen LogP contribution in [-0.4, -0.2) is 44.8 Å². The Morgan fingerprint density at radius 3 is 2.42 bits per heavy atom. The molecule has 2 aliphatic heterocycles. The van der Waals surface area contributed by atoms with Gasteiger partial charge in [-0.25, -0.2) is 0 Å². The van der Waals surface area contributed by atoms with E-state index in [0.29, 0.717) is 46.9 Å². The molecule has 0 N–H and O–H groups in total. The molecule has 162 valence electrons. The number of nitrogens with zero attached hydrogens (tertiary/aromatic N) is 1. The molecule has 0 saturated heterocycles. The Labute approximate surface area is 181 Å². The number of Topliss-reactive ketones (excluding diaryl/α,β-unsaturated/α-hetero) is 1. The van der Waals surface area contributed by atoms with Crippen LogP contribution in [0.3, 0.4) is 0 Å². The summed E-state index contributed by atoms with van der Waals surface area (Å²) in [5.74, 6) is 3.16. The van der Waals surface area contributed by atoms with E-state index in [0.717, 1.165) is 23.4 Å².